The van der Waals surface area contributed by atoms with Crippen LogP contribution in [0.15, 0.2) is 35.7 Å². The van der Waals surface area contributed by atoms with Crippen LogP contribution < -0.4 is 5.32 Å². The van der Waals surface area contributed by atoms with Gasteiger partial charge in [-0.15, -0.1) is 11.3 Å². The number of hydrogen-bond acceptors (Lipinski definition) is 4. The molecule has 5 nitrogen and oxygen atoms in total. The Hall–Kier alpha value is -2.21. The van der Waals surface area contributed by atoms with E-state index in [1.807, 2.05) is 42.6 Å². The number of thiazole rings is 1. The molecule has 0 radical (unpaired) electrons. The third kappa shape index (κ3) is 4.68. The lowest BCUT2D eigenvalue weighted by atomic mass is 9.92. The highest BCUT2D eigenvalue weighted by molar-refractivity contribution is 7.13. The second-order valence-electron chi connectivity index (χ2n) is 4.75. The highest BCUT2D eigenvalue weighted by Crippen LogP contribution is 2.24. The van der Waals surface area contributed by atoms with Gasteiger partial charge in [0.25, 0.3) is 0 Å². The van der Waals surface area contributed by atoms with Gasteiger partial charge < -0.3 is 10.4 Å². The Bertz CT molecular complexity index is 625. The molecule has 0 fully saturated rings. The van der Waals surface area contributed by atoms with Crippen molar-refractivity contribution >= 4 is 28.3 Å². The van der Waals surface area contributed by atoms with E-state index in [0.717, 1.165) is 11.3 Å². The first-order chi connectivity index (χ1) is 10.0. The summed E-state index contributed by atoms with van der Waals surface area (Å²) in [6.45, 7) is 1.85. The van der Waals surface area contributed by atoms with E-state index in [2.05, 4.69) is 10.3 Å². The standard InChI is InChI=1S/C15H16N2O3S/c1-10-9-21-15(16-10)17-13(18)7-12(8-14(19)20)11-5-3-2-4-6-11/h2-6,9,12H,7-8H2,1H3,(H,19,20)(H,16,17,18)/t12-/m0/s1. The number of carboxylic acid groups (broad SMARTS) is 1. The third-order valence-electron chi connectivity index (χ3n) is 2.99. The zero-order valence-electron chi connectivity index (χ0n) is 11.6. The van der Waals surface area contributed by atoms with Crippen molar-refractivity contribution in [3.8, 4) is 0 Å². The van der Waals surface area contributed by atoms with Crippen molar-refractivity contribution in [3.05, 3.63) is 47.0 Å². The lowest BCUT2D eigenvalue weighted by Crippen LogP contribution is -2.17. The van der Waals surface area contributed by atoms with E-state index in [-0.39, 0.29) is 24.7 Å². The number of amides is 1. The van der Waals surface area contributed by atoms with Crippen LogP contribution in [0.25, 0.3) is 0 Å². The third-order valence-corrected chi connectivity index (χ3v) is 3.86. The summed E-state index contributed by atoms with van der Waals surface area (Å²) in [5, 5.41) is 14.1. The van der Waals surface area contributed by atoms with Crippen molar-refractivity contribution in [1.82, 2.24) is 4.98 Å². The molecule has 2 N–H and O–H groups in total. The van der Waals surface area contributed by atoms with Crippen LogP contribution in [0.5, 0.6) is 0 Å². The molecule has 1 atom stereocenters. The first-order valence-electron chi connectivity index (χ1n) is 6.53. The van der Waals surface area contributed by atoms with Gasteiger partial charge in [0, 0.05) is 17.7 Å². The Kier molecular flexibility index (Phi) is 5.05. The van der Waals surface area contributed by atoms with Crippen LogP contribution in [-0.2, 0) is 9.59 Å². The van der Waals surface area contributed by atoms with Crippen LogP contribution in [0.2, 0.25) is 0 Å². The molecule has 1 amide bonds. The number of nitrogens with one attached hydrogen (secondary N) is 1. The predicted molar refractivity (Wildman–Crippen MR) is 81.5 cm³/mol. The highest BCUT2D eigenvalue weighted by Gasteiger charge is 2.19. The van der Waals surface area contributed by atoms with Crippen LogP contribution in [0.4, 0.5) is 5.13 Å². The summed E-state index contributed by atoms with van der Waals surface area (Å²) in [4.78, 5) is 27.2. The molecular weight excluding hydrogens is 288 g/mol. The molecule has 0 bridgehead atoms. The fraction of sp³-hybridized carbons (Fsp3) is 0.267. The fourth-order valence-corrected chi connectivity index (χ4v) is 2.75. The molecule has 0 spiro atoms. The maximum Gasteiger partial charge on any atom is 0.303 e. The molecule has 0 aliphatic rings. The largest absolute Gasteiger partial charge is 0.481 e. The molecule has 0 aliphatic heterocycles. The number of aliphatic carboxylic acids is 1. The quantitative estimate of drug-likeness (QED) is 0.859. The van der Waals surface area contributed by atoms with E-state index >= 15 is 0 Å². The monoisotopic (exact) mass is 304 g/mol. The number of carbonyl (C=O) groups is 2. The van der Waals surface area contributed by atoms with Crippen LogP contribution in [-0.4, -0.2) is 22.0 Å². The molecule has 6 heteroatoms. The first kappa shape index (κ1) is 15.2. The number of hydrogen-bond donors (Lipinski definition) is 2. The van der Waals surface area contributed by atoms with Gasteiger partial charge >= 0.3 is 5.97 Å². The SMILES string of the molecule is Cc1csc(NC(=O)C[C@@H](CC(=O)O)c2ccccc2)n1. The van der Waals surface area contributed by atoms with E-state index < -0.39 is 5.97 Å². The molecular formula is C15H16N2O3S. The van der Waals surface area contributed by atoms with Crippen molar-refractivity contribution in [3.63, 3.8) is 0 Å². The summed E-state index contributed by atoms with van der Waals surface area (Å²) in [7, 11) is 0. The van der Waals surface area contributed by atoms with Crippen molar-refractivity contribution < 1.29 is 14.7 Å². The number of nitrogens with zero attached hydrogens (tertiary/aromatic N) is 1. The van der Waals surface area contributed by atoms with Gasteiger partial charge in [-0.3, -0.25) is 9.59 Å². The molecule has 110 valence electrons. The maximum atomic E-state index is 12.0. The van der Waals surface area contributed by atoms with Crippen LogP contribution in [0.3, 0.4) is 0 Å². The molecule has 0 aliphatic carbocycles. The minimum atomic E-state index is -0.915. The number of aromatic nitrogens is 1. The van der Waals surface area contributed by atoms with E-state index in [4.69, 9.17) is 5.11 Å². The van der Waals surface area contributed by atoms with Crippen LogP contribution in [0.1, 0.15) is 30.0 Å². The van der Waals surface area contributed by atoms with Gasteiger partial charge in [-0.1, -0.05) is 30.3 Å². The number of carboxylic acids is 1. The van der Waals surface area contributed by atoms with Gasteiger partial charge in [0.15, 0.2) is 5.13 Å². The summed E-state index contributed by atoms with van der Waals surface area (Å²) in [5.74, 6) is -1.48. The Morgan fingerprint density at radius 2 is 2.00 bits per heavy atom. The summed E-state index contributed by atoms with van der Waals surface area (Å²) in [6.07, 6.45) is 0.0449. The predicted octanol–water partition coefficient (Wildman–Crippen LogP) is 3.04. The number of carbonyl (C=O) groups excluding carboxylic acids is 1. The van der Waals surface area contributed by atoms with Gasteiger partial charge in [0.2, 0.25) is 5.91 Å². The number of rotatable bonds is 6. The molecule has 0 saturated carbocycles. The fourth-order valence-electron chi connectivity index (χ4n) is 2.05. The van der Waals surface area contributed by atoms with Crippen molar-refractivity contribution in [2.75, 3.05) is 5.32 Å². The van der Waals surface area contributed by atoms with Gasteiger partial charge in [0.05, 0.1) is 12.1 Å². The molecule has 2 rings (SSSR count). The minimum absolute atomic E-state index is 0.0751. The number of benzene rings is 1. The van der Waals surface area contributed by atoms with Crippen molar-refractivity contribution in [2.24, 2.45) is 0 Å². The van der Waals surface area contributed by atoms with Gasteiger partial charge in [-0.25, -0.2) is 4.98 Å². The van der Waals surface area contributed by atoms with Crippen molar-refractivity contribution in [2.45, 2.75) is 25.7 Å². The summed E-state index contributed by atoms with van der Waals surface area (Å²) >= 11 is 1.36. The molecule has 2 aromatic rings. The topological polar surface area (TPSA) is 79.3 Å². The summed E-state index contributed by atoms with van der Waals surface area (Å²) in [6, 6.07) is 9.22. The Labute approximate surface area is 126 Å². The molecule has 1 aromatic carbocycles. The zero-order chi connectivity index (χ0) is 15.2. The highest BCUT2D eigenvalue weighted by atomic mass is 32.1. The average molecular weight is 304 g/mol. The summed E-state index contributed by atoms with van der Waals surface area (Å²) < 4.78 is 0. The lowest BCUT2D eigenvalue weighted by Gasteiger charge is -2.14. The second kappa shape index (κ2) is 6.99. The smallest absolute Gasteiger partial charge is 0.303 e. The average Bonchev–Trinajstić information content (AvgIpc) is 2.83. The molecule has 0 saturated heterocycles. The second-order valence-corrected chi connectivity index (χ2v) is 5.61. The van der Waals surface area contributed by atoms with Crippen molar-refractivity contribution in [1.29, 1.82) is 0 Å². The molecule has 21 heavy (non-hydrogen) atoms. The molecule has 0 unspecified atom stereocenters. The first-order valence-corrected chi connectivity index (χ1v) is 7.41. The van der Waals surface area contributed by atoms with Crippen LogP contribution >= 0.6 is 11.3 Å². The normalized spacial score (nSPS) is 11.9. The Morgan fingerprint density at radius 1 is 1.29 bits per heavy atom. The zero-order valence-corrected chi connectivity index (χ0v) is 12.4. The van der Waals surface area contributed by atoms with E-state index in [1.54, 1.807) is 0 Å². The van der Waals surface area contributed by atoms with E-state index in [1.165, 1.54) is 11.3 Å². The number of anilines is 1. The Balaban J connectivity index is 2.04. The summed E-state index contributed by atoms with van der Waals surface area (Å²) in [5.41, 5.74) is 1.70. The molecule has 1 aromatic heterocycles. The molecule has 1 heterocycles. The maximum absolute atomic E-state index is 12.0. The van der Waals surface area contributed by atoms with Crippen LogP contribution in [0, 0.1) is 6.92 Å². The van der Waals surface area contributed by atoms with Gasteiger partial charge in [0.1, 0.15) is 0 Å². The van der Waals surface area contributed by atoms with Gasteiger partial charge in [-0.2, -0.15) is 0 Å². The minimum Gasteiger partial charge on any atom is -0.481 e. The lowest BCUT2D eigenvalue weighted by molar-refractivity contribution is -0.137. The Morgan fingerprint density at radius 3 is 2.57 bits per heavy atom. The van der Waals surface area contributed by atoms with E-state index in [9.17, 15) is 9.59 Å². The van der Waals surface area contributed by atoms with Gasteiger partial charge in [-0.05, 0) is 12.5 Å². The number of aryl methyl sites for hydroxylation is 1. The van der Waals surface area contributed by atoms with E-state index in [0.29, 0.717) is 5.13 Å².